The van der Waals surface area contributed by atoms with Crippen molar-refractivity contribution in [2.45, 2.75) is 82.9 Å². The van der Waals surface area contributed by atoms with Crippen molar-refractivity contribution in [3.8, 4) is 5.75 Å². The minimum atomic E-state index is -2.30. The summed E-state index contributed by atoms with van der Waals surface area (Å²) in [6.45, 7) is 2.47. The van der Waals surface area contributed by atoms with E-state index >= 15 is 8.78 Å². The molecular weight excluding hydrogens is 608 g/mol. The highest BCUT2D eigenvalue weighted by Gasteiger charge is 2.80. The minimum absolute atomic E-state index is 0. The number of Topliss-reactive ketones (excluding diaryl/α,β-unsaturated/α-hetero) is 1. The maximum Gasteiger partial charge on any atom is 0.193 e. The number of allylic oxidation sites excluding steroid dienone is 4. The molecule has 4 fully saturated rings. The Kier molecular flexibility index (Phi) is 8.06. The molecule has 3 saturated carbocycles. The van der Waals surface area contributed by atoms with E-state index < -0.39 is 76.8 Å². The van der Waals surface area contributed by atoms with Crippen molar-refractivity contribution in [3.63, 3.8) is 0 Å². The van der Waals surface area contributed by atoms with Crippen molar-refractivity contribution >= 4 is 17.3 Å². The molecule has 7 rings (SSSR count). The molecule has 0 radical (unpaired) electrons. The summed E-state index contributed by atoms with van der Waals surface area (Å²) in [7, 11) is 1.57. The second-order valence-corrected chi connectivity index (χ2v) is 14.0. The van der Waals surface area contributed by atoms with E-state index in [1.165, 1.54) is 19.1 Å². The summed E-state index contributed by atoms with van der Waals surface area (Å²) in [6, 6.07) is 13.2. The molecule has 0 spiro atoms. The highest BCUT2D eigenvalue weighted by atomic mass is 19.1. The molecule has 2 aromatic carbocycles. The van der Waals surface area contributed by atoms with Crippen LogP contribution in [-0.4, -0.2) is 65.1 Å². The number of fused-ring (bicyclic) bond motifs is 7. The van der Waals surface area contributed by atoms with Gasteiger partial charge in [-0.1, -0.05) is 50.8 Å². The maximum atomic E-state index is 17.6. The molecule has 252 valence electrons. The molecule has 0 bridgehead atoms. The van der Waals surface area contributed by atoms with Crippen molar-refractivity contribution in [1.29, 1.82) is 0 Å². The van der Waals surface area contributed by atoms with Crippen LogP contribution in [0.4, 0.5) is 14.5 Å². The summed E-state index contributed by atoms with van der Waals surface area (Å²) < 4.78 is 51.7. The van der Waals surface area contributed by atoms with Gasteiger partial charge >= 0.3 is 0 Å². The van der Waals surface area contributed by atoms with E-state index in [9.17, 15) is 19.8 Å². The molecule has 0 amide bonds. The van der Waals surface area contributed by atoms with Crippen LogP contribution in [-0.2, 0) is 25.5 Å². The van der Waals surface area contributed by atoms with Gasteiger partial charge in [-0.15, -0.1) is 0 Å². The monoisotopic (exact) mass is 651 g/mol. The van der Waals surface area contributed by atoms with Gasteiger partial charge in [0, 0.05) is 22.3 Å². The largest absolute Gasteiger partial charge is 0.495 e. The van der Waals surface area contributed by atoms with Crippen molar-refractivity contribution in [2.75, 3.05) is 19.5 Å². The normalized spacial score (nSPS) is 40.0. The van der Waals surface area contributed by atoms with E-state index in [-0.39, 0.29) is 32.3 Å². The second-order valence-electron chi connectivity index (χ2n) is 14.0. The lowest BCUT2D eigenvalue weighted by Gasteiger charge is -2.63. The molecule has 47 heavy (non-hydrogen) atoms. The molecule has 4 aliphatic carbocycles. The number of nitrogens with two attached hydrogens (primary N) is 1. The van der Waals surface area contributed by atoms with Gasteiger partial charge in [-0.2, -0.15) is 0 Å². The first kappa shape index (κ1) is 33.5. The van der Waals surface area contributed by atoms with Crippen LogP contribution < -0.4 is 10.5 Å². The third kappa shape index (κ3) is 4.44. The Morgan fingerprint density at radius 3 is 2.49 bits per heavy atom. The molecule has 2 aromatic rings. The summed E-state index contributed by atoms with van der Waals surface area (Å²) in [5.41, 5.74) is 2.52. The number of ether oxygens (including phenoxy) is 3. The highest BCUT2D eigenvalue weighted by molar-refractivity contribution is 6.01. The van der Waals surface area contributed by atoms with E-state index in [0.29, 0.717) is 23.4 Å². The van der Waals surface area contributed by atoms with Crippen LogP contribution in [0, 0.1) is 22.7 Å². The van der Waals surface area contributed by atoms with Crippen molar-refractivity contribution < 1.29 is 42.8 Å². The predicted octanol–water partition coefficient (Wildman–Crippen LogP) is 5.15. The van der Waals surface area contributed by atoms with Crippen LogP contribution in [0.15, 0.2) is 66.3 Å². The summed E-state index contributed by atoms with van der Waals surface area (Å²) in [4.78, 5) is 25.9. The maximum absolute atomic E-state index is 17.6. The third-order valence-corrected chi connectivity index (χ3v) is 11.9. The number of carbonyl (C=O) groups is 2. The van der Waals surface area contributed by atoms with Gasteiger partial charge in [0.2, 0.25) is 0 Å². The zero-order chi connectivity index (χ0) is 32.8. The molecule has 8 nitrogen and oxygen atoms in total. The lowest BCUT2D eigenvalue weighted by molar-refractivity contribution is -0.235. The van der Waals surface area contributed by atoms with Gasteiger partial charge in [0.05, 0.1) is 25.0 Å². The average molecular weight is 652 g/mol. The fourth-order valence-corrected chi connectivity index (χ4v) is 9.61. The Labute approximate surface area is 273 Å². The molecule has 0 unspecified atom stereocenters. The van der Waals surface area contributed by atoms with Crippen molar-refractivity contribution in [1.82, 2.24) is 0 Å². The van der Waals surface area contributed by atoms with Crippen molar-refractivity contribution in [2.24, 2.45) is 22.7 Å². The summed E-state index contributed by atoms with van der Waals surface area (Å²) >= 11 is 0. The van der Waals surface area contributed by atoms with Crippen LogP contribution >= 0.6 is 0 Å². The molecule has 1 aliphatic heterocycles. The first-order valence-corrected chi connectivity index (χ1v) is 15.8. The molecule has 0 aromatic heterocycles. The number of benzene rings is 2. The Morgan fingerprint density at radius 1 is 1.11 bits per heavy atom. The van der Waals surface area contributed by atoms with Crippen LogP contribution in [0.25, 0.3) is 0 Å². The quantitative estimate of drug-likeness (QED) is 0.366. The average Bonchev–Trinajstić information content (AvgIpc) is 3.54. The van der Waals surface area contributed by atoms with Crippen LogP contribution in [0.1, 0.15) is 63.5 Å². The summed E-state index contributed by atoms with van der Waals surface area (Å²) in [5.74, 6) is -2.03. The topological polar surface area (TPSA) is 128 Å². The van der Waals surface area contributed by atoms with E-state index in [0.717, 1.165) is 17.2 Å². The van der Waals surface area contributed by atoms with E-state index in [2.05, 4.69) is 0 Å². The number of aliphatic hydroxyl groups excluding tert-OH is 2. The molecule has 5 aliphatic rings. The van der Waals surface area contributed by atoms with Gasteiger partial charge < -0.3 is 30.2 Å². The Hall–Kier alpha value is -3.44. The van der Waals surface area contributed by atoms with Gasteiger partial charge in [-0.3, -0.25) is 9.59 Å². The Balaban J connectivity index is 0.00000386. The fourth-order valence-electron chi connectivity index (χ4n) is 9.61. The van der Waals surface area contributed by atoms with Gasteiger partial charge in [-0.25, -0.2) is 8.78 Å². The number of anilines is 1. The van der Waals surface area contributed by atoms with Crippen LogP contribution in [0.2, 0.25) is 0 Å². The van der Waals surface area contributed by atoms with Gasteiger partial charge in [0.25, 0.3) is 0 Å². The number of halogens is 2. The van der Waals surface area contributed by atoms with Gasteiger partial charge in [-0.05, 0) is 79.5 Å². The lowest BCUT2D eigenvalue weighted by Crippen LogP contribution is -2.70. The standard InChI is InChI=1S/C36H39F2NO7.CH4/c1-33-11-10-22(41)14-25(33)26(37)15-24-23-16-31-36(30(43)18-40,34(23,2)17-29(42)35(24,33)38)46-32(45-31)21-7-4-19(5-8-21)12-20-6-9-27(39)28(13-20)44-3;/h4-11,13-14,23-24,26,29,31-32,40,42H,12,15-18,39H2,1-3H3;1H4/t23-,24-,26-,29-,31+,32-,33-,34-,35-,36+;/m0./s1. The first-order chi connectivity index (χ1) is 21.8. The number of carbonyl (C=O) groups excluding carboxylic acids is 2. The van der Waals surface area contributed by atoms with Crippen LogP contribution in [0.3, 0.4) is 0 Å². The van der Waals surface area contributed by atoms with E-state index in [4.69, 9.17) is 19.9 Å². The van der Waals surface area contributed by atoms with E-state index in [1.807, 2.05) is 36.4 Å². The van der Waals surface area contributed by atoms with Crippen LogP contribution in [0.5, 0.6) is 5.75 Å². The number of aliphatic hydroxyl groups is 2. The summed E-state index contributed by atoms with van der Waals surface area (Å²) in [5, 5.41) is 21.9. The molecule has 10 atom stereocenters. The lowest BCUT2D eigenvalue weighted by atomic mass is 9.44. The first-order valence-electron chi connectivity index (χ1n) is 15.8. The number of hydrogen-bond donors (Lipinski definition) is 3. The predicted molar refractivity (Wildman–Crippen MR) is 171 cm³/mol. The number of methoxy groups -OCH3 is 1. The van der Waals surface area contributed by atoms with Gasteiger partial charge in [0.1, 0.15) is 18.5 Å². The fraction of sp³-hybridized carbons (Fsp3) is 0.514. The number of alkyl halides is 2. The smallest absolute Gasteiger partial charge is 0.193 e. The molecular formula is C37H43F2NO7. The van der Waals surface area contributed by atoms with Gasteiger partial charge in [0.15, 0.2) is 29.1 Å². The number of nitrogen functional groups attached to an aromatic ring is 1. The third-order valence-electron chi connectivity index (χ3n) is 11.9. The number of hydrogen-bond acceptors (Lipinski definition) is 8. The molecule has 4 N–H and O–H groups in total. The zero-order valence-electron chi connectivity index (χ0n) is 26.0. The summed E-state index contributed by atoms with van der Waals surface area (Å²) in [6.07, 6.45) is -0.855. The van der Waals surface area contributed by atoms with E-state index in [1.54, 1.807) is 20.1 Å². The number of rotatable bonds is 6. The molecule has 1 heterocycles. The second kappa shape index (κ2) is 11.3. The Morgan fingerprint density at radius 2 is 1.81 bits per heavy atom. The molecule has 10 heteroatoms. The Bertz CT molecular complexity index is 1660. The minimum Gasteiger partial charge on any atom is -0.495 e. The zero-order valence-corrected chi connectivity index (χ0v) is 26.0. The van der Waals surface area contributed by atoms with Crippen molar-refractivity contribution in [3.05, 3.63) is 83.0 Å². The molecule has 1 saturated heterocycles. The highest BCUT2D eigenvalue weighted by Crippen LogP contribution is 2.72. The number of ketones is 2. The SMILES string of the molecule is C.COc1cc(Cc2ccc([C@H]3O[C@@H]4C[C@H]5[C@@H]6C[C@H](F)C7=CC(=O)C=C[C@]7(C)[C@@]6(F)[C@@H](O)C[C@]5(C)[C@]4(C(=O)CO)O3)cc2)ccc1N.